The molecule has 0 spiro atoms. The maximum absolute atomic E-state index is 12.9. The van der Waals surface area contributed by atoms with Gasteiger partial charge in [0.2, 0.25) is 0 Å². The van der Waals surface area contributed by atoms with Gasteiger partial charge in [0.05, 0.1) is 4.92 Å². The molecule has 2 aromatic rings. The Morgan fingerprint density at radius 3 is 2.37 bits per heavy atom. The topological polar surface area (TPSA) is 89.8 Å². The number of nitrogens with zero attached hydrogens (tertiary/aromatic N) is 2. The van der Waals surface area contributed by atoms with E-state index in [1.54, 1.807) is 19.2 Å². The molecule has 7 nitrogen and oxygen atoms in total. The number of ether oxygens (including phenoxy) is 1. The summed E-state index contributed by atoms with van der Waals surface area (Å²) in [6.45, 7) is -0.170. The molecule has 0 N–H and O–H groups in total. The molecule has 0 heterocycles. The predicted octanol–water partition coefficient (Wildman–Crippen LogP) is 2.95. The zero-order valence-corrected chi connectivity index (χ0v) is 14.5. The molecule has 1 amide bonds. The lowest BCUT2D eigenvalue weighted by molar-refractivity contribution is -0.384. The van der Waals surface area contributed by atoms with Crippen molar-refractivity contribution in [3.63, 3.8) is 0 Å². The van der Waals surface area contributed by atoms with Crippen molar-refractivity contribution in [3.05, 3.63) is 81.7 Å². The molecule has 0 fully saturated rings. The standard InChI is InChI=1S/C19H17FN2O5/c1-21(12-15-2-7-16(20)8-3-15)18(23)13-27-19(24)11-6-14-4-9-17(10-5-14)22(25)26/h2-11H,12-13H2,1H3/b11-6+. The van der Waals surface area contributed by atoms with Crippen LogP contribution in [0.1, 0.15) is 11.1 Å². The first-order valence-electron chi connectivity index (χ1n) is 7.93. The molecule has 0 aliphatic rings. The lowest BCUT2D eigenvalue weighted by Gasteiger charge is -2.16. The lowest BCUT2D eigenvalue weighted by Crippen LogP contribution is -2.30. The molecule has 0 atom stereocenters. The minimum Gasteiger partial charge on any atom is -0.452 e. The number of benzene rings is 2. The average molecular weight is 372 g/mol. The first-order valence-corrected chi connectivity index (χ1v) is 7.93. The quantitative estimate of drug-likeness (QED) is 0.323. The van der Waals surface area contributed by atoms with E-state index in [1.807, 2.05) is 0 Å². The van der Waals surface area contributed by atoms with E-state index in [2.05, 4.69) is 0 Å². The highest BCUT2D eigenvalue weighted by Crippen LogP contribution is 2.13. The molecule has 0 aliphatic carbocycles. The number of esters is 1. The van der Waals surface area contributed by atoms with Crippen molar-refractivity contribution in [1.82, 2.24) is 4.90 Å². The summed E-state index contributed by atoms with van der Waals surface area (Å²) in [6.07, 6.45) is 2.56. The number of non-ortho nitro benzene ring substituents is 1. The normalized spacial score (nSPS) is 10.6. The largest absolute Gasteiger partial charge is 0.452 e. The van der Waals surface area contributed by atoms with E-state index >= 15 is 0 Å². The zero-order chi connectivity index (χ0) is 19.8. The van der Waals surface area contributed by atoms with Gasteiger partial charge in [-0.15, -0.1) is 0 Å². The maximum atomic E-state index is 12.9. The number of hydrogen-bond acceptors (Lipinski definition) is 5. The Balaban J connectivity index is 1.80. The van der Waals surface area contributed by atoms with Gasteiger partial charge < -0.3 is 9.64 Å². The van der Waals surface area contributed by atoms with Crippen LogP contribution in [0.15, 0.2) is 54.6 Å². The SMILES string of the molecule is CN(Cc1ccc(F)cc1)C(=O)COC(=O)/C=C/c1ccc([N+](=O)[O-])cc1. The van der Waals surface area contributed by atoms with E-state index in [9.17, 15) is 24.1 Å². The molecule has 8 heteroatoms. The third kappa shape index (κ3) is 6.35. The molecular weight excluding hydrogens is 355 g/mol. The van der Waals surface area contributed by atoms with Gasteiger partial charge in [-0.05, 0) is 41.5 Å². The monoisotopic (exact) mass is 372 g/mol. The lowest BCUT2D eigenvalue weighted by atomic mass is 10.2. The van der Waals surface area contributed by atoms with Gasteiger partial charge in [-0.1, -0.05) is 12.1 Å². The van der Waals surface area contributed by atoms with Crippen molar-refractivity contribution in [1.29, 1.82) is 0 Å². The number of carbonyl (C=O) groups is 2. The summed E-state index contributed by atoms with van der Waals surface area (Å²) >= 11 is 0. The Morgan fingerprint density at radius 1 is 1.15 bits per heavy atom. The molecule has 0 saturated heterocycles. The molecular formula is C19H17FN2O5. The van der Waals surface area contributed by atoms with Gasteiger partial charge in [0, 0.05) is 31.8 Å². The van der Waals surface area contributed by atoms with Crippen molar-refractivity contribution >= 4 is 23.6 Å². The summed E-state index contributed by atoms with van der Waals surface area (Å²) in [5, 5.41) is 10.6. The summed E-state index contributed by atoms with van der Waals surface area (Å²) in [5.41, 5.74) is 1.28. The highest BCUT2D eigenvalue weighted by Gasteiger charge is 2.11. The van der Waals surface area contributed by atoms with Crippen molar-refractivity contribution in [2.24, 2.45) is 0 Å². The van der Waals surface area contributed by atoms with Crippen molar-refractivity contribution in [2.75, 3.05) is 13.7 Å². The van der Waals surface area contributed by atoms with E-state index in [0.29, 0.717) is 5.56 Å². The second kappa shape index (κ2) is 9.23. The van der Waals surface area contributed by atoms with Gasteiger partial charge in [0.1, 0.15) is 5.82 Å². The van der Waals surface area contributed by atoms with Gasteiger partial charge in [0.15, 0.2) is 6.61 Å². The third-order valence-electron chi connectivity index (χ3n) is 3.61. The number of likely N-dealkylation sites (N-methyl/N-ethyl adjacent to an activating group) is 1. The molecule has 27 heavy (non-hydrogen) atoms. The summed E-state index contributed by atoms with van der Waals surface area (Å²) in [4.78, 5) is 35.1. The van der Waals surface area contributed by atoms with E-state index < -0.39 is 23.4 Å². The van der Waals surface area contributed by atoms with Crippen LogP contribution in [-0.4, -0.2) is 35.4 Å². The van der Waals surface area contributed by atoms with Crippen LogP contribution in [0.2, 0.25) is 0 Å². The predicted molar refractivity (Wildman–Crippen MR) is 96.0 cm³/mol. The second-order valence-corrected chi connectivity index (χ2v) is 5.67. The minimum absolute atomic E-state index is 0.0514. The summed E-state index contributed by atoms with van der Waals surface area (Å²) in [6, 6.07) is 11.4. The van der Waals surface area contributed by atoms with E-state index in [0.717, 1.165) is 11.6 Å². The van der Waals surface area contributed by atoms with Crippen molar-refractivity contribution in [3.8, 4) is 0 Å². The van der Waals surface area contributed by atoms with Crippen LogP contribution in [0.25, 0.3) is 6.08 Å². The summed E-state index contributed by atoms with van der Waals surface area (Å²) < 4.78 is 17.7. The summed E-state index contributed by atoms with van der Waals surface area (Å²) in [5.74, 6) is -1.48. The van der Waals surface area contributed by atoms with Crippen LogP contribution in [0.4, 0.5) is 10.1 Å². The van der Waals surface area contributed by atoms with Crippen LogP contribution in [0, 0.1) is 15.9 Å². The Bertz CT molecular complexity index is 847. The number of amides is 1. The molecule has 0 bridgehead atoms. The molecule has 140 valence electrons. The number of hydrogen-bond donors (Lipinski definition) is 0. The first-order chi connectivity index (χ1) is 12.8. The number of carbonyl (C=O) groups excluding carboxylic acids is 2. The summed E-state index contributed by atoms with van der Waals surface area (Å²) in [7, 11) is 1.55. The van der Waals surface area contributed by atoms with Crippen LogP contribution in [0.5, 0.6) is 0 Å². The van der Waals surface area contributed by atoms with Gasteiger partial charge in [-0.2, -0.15) is 0 Å². The smallest absolute Gasteiger partial charge is 0.331 e. The van der Waals surface area contributed by atoms with E-state index in [1.165, 1.54) is 47.4 Å². The van der Waals surface area contributed by atoms with E-state index in [-0.39, 0.29) is 18.0 Å². The van der Waals surface area contributed by atoms with Crippen LogP contribution >= 0.6 is 0 Å². The van der Waals surface area contributed by atoms with Crippen LogP contribution < -0.4 is 0 Å². The zero-order valence-electron chi connectivity index (χ0n) is 14.5. The number of nitro benzene ring substituents is 1. The highest BCUT2D eigenvalue weighted by atomic mass is 19.1. The van der Waals surface area contributed by atoms with Crippen molar-refractivity contribution in [2.45, 2.75) is 6.54 Å². The van der Waals surface area contributed by atoms with Gasteiger partial charge >= 0.3 is 5.97 Å². The molecule has 2 aromatic carbocycles. The minimum atomic E-state index is -0.711. The molecule has 0 unspecified atom stereocenters. The molecule has 0 aliphatic heterocycles. The Labute approximate surface area is 154 Å². The van der Waals surface area contributed by atoms with Gasteiger partial charge in [-0.3, -0.25) is 14.9 Å². The number of nitro groups is 1. The Hall–Kier alpha value is -3.55. The maximum Gasteiger partial charge on any atom is 0.331 e. The molecule has 0 saturated carbocycles. The molecule has 0 radical (unpaired) electrons. The fourth-order valence-corrected chi connectivity index (χ4v) is 2.11. The van der Waals surface area contributed by atoms with Crippen molar-refractivity contribution < 1.29 is 23.6 Å². The van der Waals surface area contributed by atoms with E-state index in [4.69, 9.17) is 4.74 Å². The average Bonchev–Trinajstić information content (AvgIpc) is 2.66. The number of halogens is 1. The van der Waals surface area contributed by atoms with Crippen LogP contribution in [0.3, 0.4) is 0 Å². The number of rotatable bonds is 7. The van der Waals surface area contributed by atoms with Gasteiger partial charge in [-0.25, -0.2) is 9.18 Å². The Kier molecular flexibility index (Phi) is 6.76. The molecule has 2 rings (SSSR count). The second-order valence-electron chi connectivity index (χ2n) is 5.67. The molecule has 0 aromatic heterocycles. The third-order valence-corrected chi connectivity index (χ3v) is 3.61. The first kappa shape index (κ1) is 19.8. The highest BCUT2D eigenvalue weighted by molar-refractivity contribution is 5.89. The fourth-order valence-electron chi connectivity index (χ4n) is 2.11. The van der Waals surface area contributed by atoms with Gasteiger partial charge in [0.25, 0.3) is 11.6 Å². The Morgan fingerprint density at radius 2 is 1.78 bits per heavy atom. The fraction of sp³-hybridized carbons (Fsp3) is 0.158. The van der Waals surface area contributed by atoms with Crippen LogP contribution in [-0.2, 0) is 20.9 Å².